The van der Waals surface area contributed by atoms with E-state index in [0.717, 1.165) is 37.1 Å². The summed E-state index contributed by atoms with van der Waals surface area (Å²) in [6.07, 6.45) is 1.97. The number of nitrogens with one attached hydrogen (secondary N) is 1. The van der Waals surface area contributed by atoms with Gasteiger partial charge in [0.25, 0.3) is 0 Å². The fourth-order valence-corrected chi connectivity index (χ4v) is 2.82. The maximum absolute atomic E-state index is 12.7. The summed E-state index contributed by atoms with van der Waals surface area (Å²) < 4.78 is 5.37. The van der Waals surface area contributed by atoms with Gasteiger partial charge in [0.05, 0.1) is 12.7 Å². The Morgan fingerprint density at radius 2 is 2.21 bits per heavy atom. The van der Waals surface area contributed by atoms with E-state index in [1.165, 1.54) is 0 Å². The molecule has 0 aromatic heterocycles. The normalized spacial score (nSPS) is 19.3. The maximum Gasteiger partial charge on any atom is 0.171 e. The van der Waals surface area contributed by atoms with E-state index in [2.05, 4.69) is 5.32 Å². The van der Waals surface area contributed by atoms with Gasteiger partial charge in [-0.25, -0.2) is 0 Å². The van der Waals surface area contributed by atoms with Gasteiger partial charge in [-0.05, 0) is 50.4 Å². The molecule has 1 aromatic carbocycles. The van der Waals surface area contributed by atoms with Crippen LogP contribution < -0.4 is 10.1 Å². The van der Waals surface area contributed by atoms with Crippen LogP contribution in [0.2, 0.25) is 5.02 Å². The minimum Gasteiger partial charge on any atom is -0.496 e. The molecular weight excluding hydrogens is 262 g/mol. The van der Waals surface area contributed by atoms with Crippen molar-refractivity contribution >= 4 is 17.4 Å². The van der Waals surface area contributed by atoms with Gasteiger partial charge in [-0.15, -0.1) is 0 Å². The first-order valence-corrected chi connectivity index (χ1v) is 7.02. The molecule has 3 nitrogen and oxygen atoms in total. The molecule has 1 unspecified atom stereocenters. The summed E-state index contributed by atoms with van der Waals surface area (Å²) >= 11 is 6.27. The first-order chi connectivity index (χ1) is 9.06. The van der Waals surface area contributed by atoms with Crippen molar-refractivity contribution in [2.45, 2.75) is 26.7 Å². The average Bonchev–Trinajstić information content (AvgIpc) is 2.44. The largest absolute Gasteiger partial charge is 0.496 e. The van der Waals surface area contributed by atoms with Crippen molar-refractivity contribution < 1.29 is 9.53 Å². The summed E-state index contributed by atoms with van der Waals surface area (Å²) in [7, 11) is 1.60. The van der Waals surface area contributed by atoms with Crippen LogP contribution in [-0.4, -0.2) is 26.0 Å². The Kier molecular flexibility index (Phi) is 4.48. The number of halogens is 1. The van der Waals surface area contributed by atoms with Crippen LogP contribution in [0.15, 0.2) is 6.07 Å². The zero-order valence-corrected chi connectivity index (χ0v) is 12.4. The van der Waals surface area contributed by atoms with Gasteiger partial charge in [-0.3, -0.25) is 4.79 Å². The lowest BCUT2D eigenvalue weighted by atomic mass is 9.88. The van der Waals surface area contributed by atoms with E-state index in [0.29, 0.717) is 16.3 Å². The van der Waals surface area contributed by atoms with Crippen LogP contribution >= 0.6 is 11.6 Å². The number of hydrogen-bond acceptors (Lipinski definition) is 3. The topological polar surface area (TPSA) is 38.3 Å². The van der Waals surface area contributed by atoms with Gasteiger partial charge in [0, 0.05) is 17.5 Å². The van der Waals surface area contributed by atoms with Gasteiger partial charge < -0.3 is 10.1 Å². The molecule has 19 heavy (non-hydrogen) atoms. The Labute approximate surface area is 119 Å². The molecular formula is C15H20ClNO2. The van der Waals surface area contributed by atoms with E-state index < -0.39 is 0 Å². The molecule has 1 aliphatic rings. The second-order valence-electron chi connectivity index (χ2n) is 5.12. The summed E-state index contributed by atoms with van der Waals surface area (Å²) in [4.78, 5) is 12.7. The zero-order valence-electron chi connectivity index (χ0n) is 11.7. The Morgan fingerprint density at radius 1 is 1.47 bits per heavy atom. The molecule has 1 N–H and O–H groups in total. The predicted octanol–water partition coefficient (Wildman–Crippen LogP) is 3.15. The number of ketones is 1. The quantitative estimate of drug-likeness (QED) is 0.865. The molecule has 0 amide bonds. The van der Waals surface area contributed by atoms with Crippen LogP contribution in [0.4, 0.5) is 0 Å². The van der Waals surface area contributed by atoms with Gasteiger partial charge in [-0.1, -0.05) is 11.6 Å². The van der Waals surface area contributed by atoms with Crippen molar-refractivity contribution in [2.24, 2.45) is 5.92 Å². The Morgan fingerprint density at radius 3 is 2.79 bits per heavy atom. The fourth-order valence-electron chi connectivity index (χ4n) is 2.67. The number of methoxy groups -OCH3 is 1. The first kappa shape index (κ1) is 14.4. The summed E-state index contributed by atoms with van der Waals surface area (Å²) in [6.45, 7) is 5.55. The van der Waals surface area contributed by atoms with E-state index in [4.69, 9.17) is 16.3 Å². The first-order valence-electron chi connectivity index (χ1n) is 6.65. The van der Waals surface area contributed by atoms with Crippen molar-refractivity contribution in [3.8, 4) is 5.75 Å². The fraction of sp³-hybridized carbons (Fsp3) is 0.533. The number of ether oxygens (including phenoxy) is 1. The molecule has 1 fully saturated rings. The molecule has 4 heteroatoms. The number of piperidine rings is 1. The van der Waals surface area contributed by atoms with Gasteiger partial charge >= 0.3 is 0 Å². The van der Waals surface area contributed by atoms with Crippen LogP contribution in [0.25, 0.3) is 0 Å². The number of benzene rings is 1. The highest BCUT2D eigenvalue weighted by Gasteiger charge is 2.27. The van der Waals surface area contributed by atoms with E-state index in [9.17, 15) is 4.79 Å². The molecule has 1 heterocycles. The minimum atomic E-state index is 0.0279. The molecule has 1 aromatic rings. The average molecular weight is 282 g/mol. The van der Waals surface area contributed by atoms with Gasteiger partial charge in [0.15, 0.2) is 5.78 Å². The van der Waals surface area contributed by atoms with Gasteiger partial charge in [-0.2, -0.15) is 0 Å². The molecule has 0 aliphatic carbocycles. The molecule has 1 atom stereocenters. The number of Topliss-reactive ketones (excluding diaryl/α,β-unsaturated/α-hetero) is 1. The maximum atomic E-state index is 12.7. The second kappa shape index (κ2) is 5.93. The molecule has 0 saturated carbocycles. The lowest BCUT2D eigenvalue weighted by molar-refractivity contribution is 0.0896. The van der Waals surface area contributed by atoms with Crippen molar-refractivity contribution in [1.82, 2.24) is 5.32 Å². The molecule has 0 spiro atoms. The SMILES string of the molecule is COc1cc(C)c(Cl)c(C)c1C(=O)C1CCCNC1. The van der Waals surface area contributed by atoms with Crippen LogP contribution in [0.3, 0.4) is 0 Å². The monoisotopic (exact) mass is 281 g/mol. The molecule has 1 saturated heterocycles. The minimum absolute atomic E-state index is 0.0279. The Bertz CT molecular complexity index is 493. The smallest absolute Gasteiger partial charge is 0.171 e. The third-order valence-corrected chi connectivity index (χ3v) is 4.36. The Hall–Kier alpha value is -1.06. The zero-order chi connectivity index (χ0) is 14.0. The lowest BCUT2D eigenvalue weighted by Gasteiger charge is -2.23. The molecule has 1 aliphatic heterocycles. The molecule has 104 valence electrons. The van der Waals surface area contributed by atoms with E-state index in [1.54, 1.807) is 7.11 Å². The summed E-state index contributed by atoms with van der Waals surface area (Å²) in [5.41, 5.74) is 2.41. The number of hydrogen-bond donors (Lipinski definition) is 1. The number of carbonyl (C=O) groups is 1. The van der Waals surface area contributed by atoms with Gasteiger partial charge in [0.2, 0.25) is 0 Å². The number of carbonyl (C=O) groups excluding carboxylic acids is 1. The highest BCUT2D eigenvalue weighted by atomic mass is 35.5. The van der Waals surface area contributed by atoms with Crippen LogP contribution in [-0.2, 0) is 0 Å². The van der Waals surface area contributed by atoms with Crippen molar-refractivity contribution in [3.05, 3.63) is 27.8 Å². The van der Waals surface area contributed by atoms with Crippen molar-refractivity contribution in [2.75, 3.05) is 20.2 Å². The van der Waals surface area contributed by atoms with Crippen molar-refractivity contribution in [1.29, 1.82) is 0 Å². The number of rotatable bonds is 3. The Balaban J connectivity index is 2.42. The summed E-state index contributed by atoms with van der Waals surface area (Å²) in [6, 6.07) is 1.85. The standard InChI is InChI=1S/C15H20ClNO2/c1-9-7-12(19-3)13(10(2)14(9)16)15(18)11-5-4-6-17-8-11/h7,11,17H,4-6,8H2,1-3H3. The molecule has 0 radical (unpaired) electrons. The van der Waals surface area contributed by atoms with Crippen LogP contribution in [0, 0.1) is 19.8 Å². The highest BCUT2D eigenvalue weighted by Crippen LogP contribution is 2.34. The van der Waals surface area contributed by atoms with Crippen LogP contribution in [0.1, 0.15) is 34.3 Å². The van der Waals surface area contributed by atoms with Gasteiger partial charge in [0.1, 0.15) is 5.75 Å². The lowest BCUT2D eigenvalue weighted by Crippen LogP contribution is -2.34. The summed E-state index contributed by atoms with van der Waals surface area (Å²) in [5, 5.41) is 3.93. The van der Waals surface area contributed by atoms with E-state index in [1.807, 2.05) is 19.9 Å². The van der Waals surface area contributed by atoms with Crippen LogP contribution in [0.5, 0.6) is 5.75 Å². The second-order valence-corrected chi connectivity index (χ2v) is 5.50. The molecule has 0 bridgehead atoms. The number of aryl methyl sites for hydroxylation is 1. The predicted molar refractivity (Wildman–Crippen MR) is 77.4 cm³/mol. The van der Waals surface area contributed by atoms with E-state index >= 15 is 0 Å². The summed E-state index contributed by atoms with van der Waals surface area (Å²) in [5.74, 6) is 0.804. The third-order valence-electron chi connectivity index (χ3n) is 3.78. The van der Waals surface area contributed by atoms with E-state index in [-0.39, 0.29) is 11.7 Å². The van der Waals surface area contributed by atoms with Crippen molar-refractivity contribution in [3.63, 3.8) is 0 Å². The third kappa shape index (κ3) is 2.77. The molecule has 2 rings (SSSR count). The highest BCUT2D eigenvalue weighted by molar-refractivity contribution is 6.32.